The molecule has 0 atom stereocenters. The molecule has 0 aliphatic carbocycles. The standard InChI is InChI=1S/C11H14O3/c1-11(2,3)8-6-4-5-7-9(8)14-10(12)13/h4-7H,1-3H3,(H,12,13)/p-1. The van der Waals surface area contributed by atoms with Crippen LogP contribution in [0, 0.1) is 0 Å². The van der Waals surface area contributed by atoms with E-state index >= 15 is 0 Å². The highest BCUT2D eigenvalue weighted by Crippen LogP contribution is 2.30. The van der Waals surface area contributed by atoms with E-state index in [-0.39, 0.29) is 5.41 Å². The highest BCUT2D eigenvalue weighted by atomic mass is 16.7. The molecule has 0 fully saturated rings. The van der Waals surface area contributed by atoms with Gasteiger partial charge in [-0.15, -0.1) is 0 Å². The van der Waals surface area contributed by atoms with Gasteiger partial charge in [-0.1, -0.05) is 39.0 Å². The van der Waals surface area contributed by atoms with Crippen LogP contribution in [0.2, 0.25) is 0 Å². The molecule has 0 N–H and O–H groups in total. The first-order valence-corrected chi connectivity index (χ1v) is 4.39. The third kappa shape index (κ3) is 2.49. The van der Waals surface area contributed by atoms with Gasteiger partial charge in [-0.3, -0.25) is 0 Å². The lowest BCUT2D eigenvalue weighted by Crippen LogP contribution is -2.27. The van der Waals surface area contributed by atoms with Gasteiger partial charge < -0.3 is 14.6 Å². The second-order valence-electron chi connectivity index (χ2n) is 4.10. The lowest BCUT2D eigenvalue weighted by atomic mass is 9.86. The van der Waals surface area contributed by atoms with E-state index in [0.29, 0.717) is 5.75 Å². The Bertz CT molecular complexity index is 337. The summed E-state index contributed by atoms with van der Waals surface area (Å²) in [5, 5.41) is 10.3. The van der Waals surface area contributed by atoms with Gasteiger partial charge >= 0.3 is 0 Å². The Balaban J connectivity index is 3.10. The first kappa shape index (κ1) is 10.6. The molecule has 1 rings (SSSR count). The van der Waals surface area contributed by atoms with Crippen molar-refractivity contribution in [3.05, 3.63) is 29.8 Å². The minimum absolute atomic E-state index is 0.147. The zero-order valence-corrected chi connectivity index (χ0v) is 8.53. The average Bonchev–Trinajstić information content (AvgIpc) is 2.01. The van der Waals surface area contributed by atoms with Crippen molar-refractivity contribution >= 4 is 6.16 Å². The molecule has 1 aromatic rings. The predicted octanol–water partition coefficient (Wildman–Crippen LogP) is 1.71. The Labute approximate surface area is 83.3 Å². The average molecular weight is 193 g/mol. The van der Waals surface area contributed by atoms with Crippen LogP contribution in [0.25, 0.3) is 0 Å². The normalized spacial score (nSPS) is 11.1. The third-order valence-electron chi connectivity index (χ3n) is 1.89. The topological polar surface area (TPSA) is 49.4 Å². The number of para-hydroxylation sites is 1. The molecule has 0 saturated carbocycles. The summed E-state index contributed by atoms with van der Waals surface area (Å²) in [7, 11) is 0. The van der Waals surface area contributed by atoms with Gasteiger partial charge in [-0.05, 0) is 17.0 Å². The summed E-state index contributed by atoms with van der Waals surface area (Å²) in [6, 6.07) is 7.05. The molecule has 0 radical (unpaired) electrons. The molecular formula is C11H13O3-. The second kappa shape index (κ2) is 3.70. The molecule has 3 nitrogen and oxygen atoms in total. The smallest absolute Gasteiger partial charge is 0.257 e. The lowest BCUT2D eigenvalue weighted by Gasteiger charge is -2.24. The van der Waals surface area contributed by atoms with Crippen molar-refractivity contribution in [2.45, 2.75) is 26.2 Å². The molecule has 0 heterocycles. The van der Waals surface area contributed by atoms with Crippen LogP contribution in [0.4, 0.5) is 4.79 Å². The molecule has 0 bridgehead atoms. The SMILES string of the molecule is CC(C)(C)c1ccccc1OC(=O)[O-]. The van der Waals surface area contributed by atoms with E-state index in [1.54, 1.807) is 12.1 Å². The summed E-state index contributed by atoms with van der Waals surface area (Å²) in [5.41, 5.74) is 0.704. The van der Waals surface area contributed by atoms with Gasteiger partial charge in [-0.2, -0.15) is 0 Å². The number of ether oxygens (including phenoxy) is 1. The molecule has 0 unspecified atom stereocenters. The Morgan fingerprint density at radius 3 is 2.36 bits per heavy atom. The fraction of sp³-hybridized carbons (Fsp3) is 0.364. The fourth-order valence-electron chi connectivity index (χ4n) is 1.27. The Morgan fingerprint density at radius 1 is 1.29 bits per heavy atom. The van der Waals surface area contributed by atoms with Crippen LogP contribution in [0.15, 0.2) is 24.3 Å². The Kier molecular flexibility index (Phi) is 2.79. The number of carboxylic acid groups (broad SMARTS) is 1. The van der Waals surface area contributed by atoms with Gasteiger partial charge in [0.25, 0.3) is 6.16 Å². The number of rotatable bonds is 1. The van der Waals surface area contributed by atoms with Gasteiger partial charge in [0.2, 0.25) is 0 Å². The van der Waals surface area contributed by atoms with Gasteiger partial charge in [-0.25, -0.2) is 0 Å². The van der Waals surface area contributed by atoms with Crippen LogP contribution in [-0.4, -0.2) is 6.16 Å². The fourth-order valence-corrected chi connectivity index (χ4v) is 1.27. The van der Waals surface area contributed by atoms with Crippen molar-refractivity contribution < 1.29 is 14.6 Å². The maximum Gasteiger partial charge on any atom is 0.257 e. The summed E-state index contributed by atoms with van der Waals surface area (Å²) in [4.78, 5) is 10.3. The van der Waals surface area contributed by atoms with Gasteiger partial charge in [0.15, 0.2) is 0 Å². The molecule has 0 saturated heterocycles. The molecule has 3 heteroatoms. The lowest BCUT2D eigenvalue weighted by molar-refractivity contribution is -0.271. The van der Waals surface area contributed by atoms with Crippen molar-refractivity contribution in [2.24, 2.45) is 0 Å². The van der Waals surface area contributed by atoms with E-state index in [0.717, 1.165) is 5.56 Å². The third-order valence-corrected chi connectivity index (χ3v) is 1.89. The Morgan fingerprint density at radius 2 is 1.86 bits per heavy atom. The molecule has 1 aromatic carbocycles. The summed E-state index contributed by atoms with van der Waals surface area (Å²) in [5.74, 6) is 0.347. The van der Waals surface area contributed by atoms with E-state index in [2.05, 4.69) is 4.74 Å². The highest BCUT2D eigenvalue weighted by Gasteiger charge is 2.16. The van der Waals surface area contributed by atoms with Crippen molar-refractivity contribution in [3.63, 3.8) is 0 Å². The first-order chi connectivity index (χ1) is 6.41. The zero-order chi connectivity index (χ0) is 10.8. The quantitative estimate of drug-likeness (QED) is 0.504. The number of carbonyl (C=O) groups is 1. The van der Waals surface area contributed by atoms with Crippen LogP contribution in [-0.2, 0) is 5.41 Å². The van der Waals surface area contributed by atoms with E-state index in [9.17, 15) is 9.90 Å². The number of benzene rings is 1. The van der Waals surface area contributed by atoms with Crippen LogP contribution in [0.1, 0.15) is 26.3 Å². The monoisotopic (exact) mass is 193 g/mol. The van der Waals surface area contributed by atoms with Gasteiger partial charge in [0.05, 0.1) is 5.75 Å². The summed E-state index contributed by atoms with van der Waals surface area (Å²) in [6.07, 6.45) is -1.53. The first-order valence-electron chi connectivity index (χ1n) is 4.39. The number of carbonyl (C=O) groups excluding carboxylic acids is 1. The van der Waals surface area contributed by atoms with Gasteiger partial charge in [0.1, 0.15) is 0 Å². The van der Waals surface area contributed by atoms with E-state index in [1.807, 2.05) is 32.9 Å². The van der Waals surface area contributed by atoms with E-state index < -0.39 is 6.16 Å². The van der Waals surface area contributed by atoms with Crippen molar-refractivity contribution in [1.82, 2.24) is 0 Å². The maximum absolute atomic E-state index is 10.3. The summed E-state index contributed by atoms with van der Waals surface area (Å²) < 4.78 is 4.58. The Hall–Kier alpha value is -1.51. The molecule has 76 valence electrons. The minimum Gasteiger partial charge on any atom is -0.514 e. The largest absolute Gasteiger partial charge is 0.514 e. The van der Waals surface area contributed by atoms with Gasteiger partial charge in [0, 0.05) is 0 Å². The van der Waals surface area contributed by atoms with E-state index in [1.165, 1.54) is 0 Å². The zero-order valence-electron chi connectivity index (χ0n) is 8.53. The molecule has 0 aliphatic heterocycles. The number of hydrogen-bond acceptors (Lipinski definition) is 3. The predicted molar refractivity (Wildman–Crippen MR) is 51.2 cm³/mol. The maximum atomic E-state index is 10.3. The minimum atomic E-state index is -1.53. The number of hydrogen-bond donors (Lipinski definition) is 0. The van der Waals surface area contributed by atoms with Crippen molar-refractivity contribution in [2.75, 3.05) is 0 Å². The molecule has 0 spiro atoms. The van der Waals surface area contributed by atoms with Crippen LogP contribution in [0.3, 0.4) is 0 Å². The van der Waals surface area contributed by atoms with Crippen molar-refractivity contribution in [3.8, 4) is 5.75 Å². The summed E-state index contributed by atoms with van der Waals surface area (Å²) >= 11 is 0. The van der Waals surface area contributed by atoms with E-state index in [4.69, 9.17) is 0 Å². The molecule has 0 aliphatic rings. The highest BCUT2D eigenvalue weighted by molar-refractivity contribution is 5.60. The molecular weight excluding hydrogens is 180 g/mol. The summed E-state index contributed by atoms with van der Waals surface area (Å²) in [6.45, 7) is 5.97. The molecule has 0 aromatic heterocycles. The van der Waals surface area contributed by atoms with Crippen LogP contribution in [0.5, 0.6) is 5.75 Å². The van der Waals surface area contributed by atoms with Crippen LogP contribution < -0.4 is 9.84 Å². The van der Waals surface area contributed by atoms with Crippen molar-refractivity contribution in [1.29, 1.82) is 0 Å². The molecule has 14 heavy (non-hydrogen) atoms. The molecule has 0 amide bonds. The second-order valence-corrected chi connectivity index (χ2v) is 4.10. The van der Waals surface area contributed by atoms with Crippen LogP contribution >= 0.6 is 0 Å².